The molecule has 0 aliphatic carbocycles. The number of benzene rings is 1. The van der Waals surface area contributed by atoms with Gasteiger partial charge >= 0.3 is 0 Å². The number of amides is 1. The van der Waals surface area contributed by atoms with Crippen LogP contribution in [0.5, 0.6) is 0 Å². The summed E-state index contributed by atoms with van der Waals surface area (Å²) in [6.07, 6.45) is 2.58. The van der Waals surface area contributed by atoms with E-state index in [9.17, 15) is 9.18 Å². The molecule has 0 fully saturated rings. The summed E-state index contributed by atoms with van der Waals surface area (Å²) in [6.45, 7) is 5.33. The quantitative estimate of drug-likeness (QED) is 0.820. The number of carbonyl (C=O) groups is 1. The third-order valence-corrected chi connectivity index (χ3v) is 3.45. The van der Waals surface area contributed by atoms with Gasteiger partial charge in [-0.1, -0.05) is 32.0 Å². The zero-order valence-electron chi connectivity index (χ0n) is 13.5. The summed E-state index contributed by atoms with van der Waals surface area (Å²) >= 11 is 0. The fraction of sp³-hybridized carbons (Fsp3) is 0.333. The lowest BCUT2D eigenvalue weighted by Crippen LogP contribution is -2.23. The van der Waals surface area contributed by atoms with Gasteiger partial charge in [0.15, 0.2) is 0 Å². The van der Waals surface area contributed by atoms with Crippen molar-refractivity contribution in [3.05, 3.63) is 59.5 Å². The van der Waals surface area contributed by atoms with Crippen molar-refractivity contribution >= 4 is 11.7 Å². The number of pyridine rings is 1. The van der Waals surface area contributed by atoms with Gasteiger partial charge in [0.05, 0.1) is 5.56 Å². The SMILES string of the molecule is CC(C)CCNc1ccc(C(=O)NCc2ccccc2F)cn1. The number of hydrogen-bond acceptors (Lipinski definition) is 3. The summed E-state index contributed by atoms with van der Waals surface area (Å²) in [5.41, 5.74) is 0.913. The predicted molar refractivity (Wildman–Crippen MR) is 89.8 cm³/mol. The second-order valence-corrected chi connectivity index (χ2v) is 5.82. The van der Waals surface area contributed by atoms with Crippen LogP contribution in [0, 0.1) is 11.7 Å². The van der Waals surface area contributed by atoms with Crippen molar-refractivity contribution in [2.24, 2.45) is 5.92 Å². The second kappa shape index (κ2) is 8.27. The number of carbonyl (C=O) groups excluding carboxylic acids is 1. The largest absolute Gasteiger partial charge is 0.370 e. The van der Waals surface area contributed by atoms with Crippen LogP contribution in [0.15, 0.2) is 42.6 Å². The molecule has 4 nitrogen and oxygen atoms in total. The van der Waals surface area contributed by atoms with Gasteiger partial charge in [0, 0.05) is 24.8 Å². The summed E-state index contributed by atoms with van der Waals surface area (Å²) in [7, 11) is 0. The normalized spacial score (nSPS) is 10.6. The fourth-order valence-corrected chi connectivity index (χ4v) is 2.04. The zero-order chi connectivity index (χ0) is 16.7. The fourth-order valence-electron chi connectivity index (χ4n) is 2.04. The first-order valence-corrected chi connectivity index (χ1v) is 7.78. The topological polar surface area (TPSA) is 54.0 Å². The van der Waals surface area contributed by atoms with Crippen LogP contribution >= 0.6 is 0 Å². The highest BCUT2D eigenvalue weighted by atomic mass is 19.1. The van der Waals surface area contributed by atoms with E-state index in [0.717, 1.165) is 18.8 Å². The standard InChI is InChI=1S/C18H22FN3O/c1-13(2)9-10-20-17-8-7-15(12-21-17)18(23)22-11-14-5-3-4-6-16(14)19/h3-8,12-13H,9-11H2,1-2H3,(H,20,21)(H,22,23). The third-order valence-electron chi connectivity index (χ3n) is 3.45. The summed E-state index contributed by atoms with van der Waals surface area (Å²) in [6, 6.07) is 9.87. The van der Waals surface area contributed by atoms with Gasteiger partial charge in [-0.2, -0.15) is 0 Å². The maximum Gasteiger partial charge on any atom is 0.253 e. The average Bonchev–Trinajstić information content (AvgIpc) is 2.54. The Bertz CT molecular complexity index is 641. The Hall–Kier alpha value is -2.43. The maximum absolute atomic E-state index is 13.5. The molecule has 0 spiro atoms. The lowest BCUT2D eigenvalue weighted by molar-refractivity contribution is 0.0950. The highest BCUT2D eigenvalue weighted by molar-refractivity contribution is 5.94. The molecule has 122 valence electrons. The van der Waals surface area contributed by atoms with Crippen molar-refractivity contribution < 1.29 is 9.18 Å². The van der Waals surface area contributed by atoms with Crippen LogP contribution in [0.25, 0.3) is 0 Å². The van der Waals surface area contributed by atoms with E-state index >= 15 is 0 Å². The number of rotatable bonds is 7. The molecule has 0 bridgehead atoms. The van der Waals surface area contributed by atoms with E-state index in [-0.39, 0.29) is 18.3 Å². The van der Waals surface area contributed by atoms with E-state index in [1.807, 2.05) is 0 Å². The molecular weight excluding hydrogens is 293 g/mol. The van der Waals surface area contributed by atoms with Crippen molar-refractivity contribution in [3.63, 3.8) is 0 Å². The summed E-state index contributed by atoms with van der Waals surface area (Å²) in [4.78, 5) is 16.3. The average molecular weight is 315 g/mol. The third kappa shape index (κ3) is 5.36. The van der Waals surface area contributed by atoms with Crippen LogP contribution in [0.1, 0.15) is 36.2 Å². The molecule has 0 radical (unpaired) electrons. The van der Waals surface area contributed by atoms with E-state index in [0.29, 0.717) is 17.0 Å². The highest BCUT2D eigenvalue weighted by Gasteiger charge is 2.07. The van der Waals surface area contributed by atoms with Gasteiger partial charge < -0.3 is 10.6 Å². The van der Waals surface area contributed by atoms with Crippen molar-refractivity contribution in [3.8, 4) is 0 Å². The minimum Gasteiger partial charge on any atom is -0.370 e. The van der Waals surface area contributed by atoms with Gasteiger partial charge in [0.1, 0.15) is 11.6 Å². The van der Waals surface area contributed by atoms with Crippen molar-refractivity contribution in [2.45, 2.75) is 26.8 Å². The molecule has 2 rings (SSSR count). The number of aromatic nitrogens is 1. The smallest absolute Gasteiger partial charge is 0.253 e. The summed E-state index contributed by atoms with van der Waals surface area (Å²) < 4.78 is 13.5. The van der Waals surface area contributed by atoms with E-state index < -0.39 is 0 Å². The molecule has 23 heavy (non-hydrogen) atoms. The van der Waals surface area contributed by atoms with Crippen LogP contribution in [0.3, 0.4) is 0 Å². The molecule has 0 saturated carbocycles. The maximum atomic E-state index is 13.5. The van der Waals surface area contributed by atoms with Crippen LogP contribution in [0.2, 0.25) is 0 Å². The van der Waals surface area contributed by atoms with Gasteiger partial charge in [-0.15, -0.1) is 0 Å². The van der Waals surface area contributed by atoms with Gasteiger partial charge in [-0.3, -0.25) is 4.79 Å². The van der Waals surface area contributed by atoms with E-state index in [4.69, 9.17) is 0 Å². The number of nitrogens with one attached hydrogen (secondary N) is 2. The molecule has 1 amide bonds. The minimum absolute atomic E-state index is 0.153. The predicted octanol–water partition coefficient (Wildman–Crippen LogP) is 3.61. The molecule has 2 N–H and O–H groups in total. The first kappa shape index (κ1) is 16.9. The van der Waals surface area contributed by atoms with Gasteiger partial charge in [-0.25, -0.2) is 9.37 Å². The van der Waals surface area contributed by atoms with Crippen LogP contribution in [-0.2, 0) is 6.54 Å². The number of anilines is 1. The molecular formula is C18H22FN3O. The Kier molecular flexibility index (Phi) is 6.09. The molecule has 1 heterocycles. The minimum atomic E-state index is -0.323. The Morgan fingerprint density at radius 1 is 1.22 bits per heavy atom. The molecule has 0 atom stereocenters. The van der Waals surface area contributed by atoms with Gasteiger partial charge in [0.2, 0.25) is 0 Å². The van der Waals surface area contributed by atoms with Crippen LogP contribution in [-0.4, -0.2) is 17.4 Å². The molecule has 2 aromatic rings. The molecule has 5 heteroatoms. The Morgan fingerprint density at radius 2 is 2.00 bits per heavy atom. The van der Waals surface area contributed by atoms with E-state index in [1.165, 1.54) is 12.3 Å². The summed E-state index contributed by atoms with van der Waals surface area (Å²) in [5.74, 6) is 0.785. The highest BCUT2D eigenvalue weighted by Crippen LogP contribution is 2.08. The van der Waals surface area contributed by atoms with E-state index in [2.05, 4.69) is 29.5 Å². The Balaban J connectivity index is 1.86. The monoisotopic (exact) mass is 315 g/mol. The van der Waals surface area contributed by atoms with E-state index in [1.54, 1.807) is 30.3 Å². The van der Waals surface area contributed by atoms with Crippen LogP contribution in [0.4, 0.5) is 10.2 Å². The van der Waals surface area contributed by atoms with Gasteiger partial charge in [0.25, 0.3) is 5.91 Å². The molecule has 0 saturated heterocycles. The van der Waals surface area contributed by atoms with Crippen molar-refractivity contribution in [1.29, 1.82) is 0 Å². The lowest BCUT2D eigenvalue weighted by Gasteiger charge is -2.09. The molecule has 0 unspecified atom stereocenters. The number of hydrogen-bond donors (Lipinski definition) is 2. The molecule has 0 aliphatic rings. The Labute approximate surface area is 136 Å². The first-order chi connectivity index (χ1) is 11.1. The van der Waals surface area contributed by atoms with Gasteiger partial charge in [-0.05, 0) is 30.5 Å². The number of nitrogens with zero attached hydrogens (tertiary/aromatic N) is 1. The summed E-state index contributed by atoms with van der Waals surface area (Å²) in [5, 5.41) is 5.91. The lowest BCUT2D eigenvalue weighted by atomic mass is 10.1. The zero-order valence-corrected chi connectivity index (χ0v) is 13.5. The number of halogens is 1. The molecule has 1 aromatic heterocycles. The first-order valence-electron chi connectivity index (χ1n) is 7.78. The molecule has 1 aromatic carbocycles. The molecule has 0 aliphatic heterocycles. The van der Waals surface area contributed by atoms with Crippen molar-refractivity contribution in [1.82, 2.24) is 10.3 Å². The van der Waals surface area contributed by atoms with Crippen molar-refractivity contribution in [2.75, 3.05) is 11.9 Å². The Morgan fingerprint density at radius 3 is 2.65 bits per heavy atom. The second-order valence-electron chi connectivity index (χ2n) is 5.82. The van der Waals surface area contributed by atoms with Crippen LogP contribution < -0.4 is 10.6 Å².